The Morgan fingerprint density at radius 1 is 1.11 bits per heavy atom. The van der Waals surface area contributed by atoms with Gasteiger partial charge in [-0.15, -0.1) is 0 Å². The minimum absolute atomic E-state index is 0.0128. The molecule has 3 atom stereocenters. The van der Waals surface area contributed by atoms with Crippen molar-refractivity contribution in [1.82, 2.24) is 29.0 Å². The third-order valence-corrected chi connectivity index (χ3v) is 9.89. The SMILES string of the molecule is COc1cc(C(=O)N2CC3CCC2C3N)cc2nc(-c3cc4ccc(-c5cnc(N)c(CO)c5)nc4n3CC3CC3)n(C)c12. The van der Waals surface area contributed by atoms with Gasteiger partial charge in [-0.2, -0.15) is 0 Å². The van der Waals surface area contributed by atoms with E-state index in [0.29, 0.717) is 46.6 Å². The number of nitrogen functional groups attached to an aromatic ring is 1. The first-order valence-electron chi connectivity index (χ1n) is 15.3. The van der Waals surface area contributed by atoms with Crippen molar-refractivity contribution in [3.63, 3.8) is 0 Å². The number of rotatable bonds is 7. The molecule has 1 aromatic carbocycles. The Kier molecular flexibility index (Phi) is 6.18. The number of carbonyl (C=O) groups excluding carboxylic acids is 1. The molecular formula is C33H36N8O3. The van der Waals surface area contributed by atoms with Crippen molar-refractivity contribution < 1.29 is 14.6 Å². The van der Waals surface area contributed by atoms with Gasteiger partial charge in [0.25, 0.3) is 5.91 Å². The van der Waals surface area contributed by atoms with Crippen molar-refractivity contribution in [3.8, 4) is 28.5 Å². The lowest BCUT2D eigenvalue weighted by Crippen LogP contribution is -2.41. The monoisotopic (exact) mass is 592 g/mol. The van der Waals surface area contributed by atoms with Crippen molar-refractivity contribution in [1.29, 1.82) is 0 Å². The van der Waals surface area contributed by atoms with Crippen LogP contribution < -0.4 is 16.2 Å². The van der Waals surface area contributed by atoms with Crippen LogP contribution in [0.15, 0.2) is 42.6 Å². The Morgan fingerprint density at radius 2 is 1.95 bits per heavy atom. The van der Waals surface area contributed by atoms with Gasteiger partial charge in [0.2, 0.25) is 0 Å². The summed E-state index contributed by atoms with van der Waals surface area (Å²) in [7, 11) is 3.62. The fourth-order valence-corrected chi connectivity index (χ4v) is 7.27. The Bertz CT molecular complexity index is 1960. The Balaban J connectivity index is 1.24. The lowest BCUT2D eigenvalue weighted by atomic mass is 10.1. The van der Waals surface area contributed by atoms with Crippen LogP contribution in [0.2, 0.25) is 0 Å². The molecule has 8 rings (SSSR count). The van der Waals surface area contributed by atoms with Crippen LogP contribution in [-0.2, 0) is 20.2 Å². The van der Waals surface area contributed by atoms with Gasteiger partial charge >= 0.3 is 0 Å². The number of nitrogens with zero attached hydrogens (tertiary/aromatic N) is 6. The first-order valence-corrected chi connectivity index (χ1v) is 15.3. The summed E-state index contributed by atoms with van der Waals surface area (Å²) in [5.74, 6) is 2.66. The van der Waals surface area contributed by atoms with E-state index in [1.807, 2.05) is 40.8 Å². The average molecular weight is 593 g/mol. The highest BCUT2D eigenvalue weighted by atomic mass is 16.5. The molecule has 3 unspecified atom stereocenters. The maximum atomic E-state index is 13.7. The molecule has 2 aliphatic carbocycles. The highest BCUT2D eigenvalue weighted by molar-refractivity contribution is 6.00. The number of pyridine rings is 2. The highest BCUT2D eigenvalue weighted by Crippen LogP contribution is 2.40. The quantitative estimate of drug-likeness (QED) is 0.259. The van der Waals surface area contributed by atoms with E-state index in [4.69, 9.17) is 26.2 Å². The molecule has 2 saturated carbocycles. The van der Waals surface area contributed by atoms with Crippen molar-refractivity contribution in [2.45, 2.75) is 50.9 Å². The number of ether oxygens (including phenoxy) is 1. The number of aliphatic hydroxyl groups is 1. The summed E-state index contributed by atoms with van der Waals surface area (Å²) in [6.45, 7) is 1.36. The minimum Gasteiger partial charge on any atom is -0.494 e. The van der Waals surface area contributed by atoms with Crippen molar-refractivity contribution >= 4 is 33.8 Å². The second-order valence-electron chi connectivity index (χ2n) is 12.6. The van der Waals surface area contributed by atoms with E-state index >= 15 is 0 Å². The molecule has 11 heteroatoms. The van der Waals surface area contributed by atoms with Gasteiger partial charge in [-0.05, 0) is 73.9 Å². The van der Waals surface area contributed by atoms with Crippen LogP contribution in [0.4, 0.5) is 5.82 Å². The van der Waals surface area contributed by atoms with E-state index in [1.54, 1.807) is 13.3 Å². The zero-order valence-corrected chi connectivity index (χ0v) is 24.9. The molecule has 5 N–H and O–H groups in total. The molecule has 0 radical (unpaired) electrons. The van der Waals surface area contributed by atoms with Gasteiger partial charge in [0.15, 0.2) is 5.82 Å². The molecule has 1 aliphatic heterocycles. The molecular weight excluding hydrogens is 556 g/mol. The number of nitrogens with two attached hydrogens (primary N) is 2. The van der Waals surface area contributed by atoms with E-state index in [0.717, 1.165) is 58.7 Å². The summed E-state index contributed by atoms with van der Waals surface area (Å²) < 4.78 is 10.1. The number of imidazole rings is 1. The van der Waals surface area contributed by atoms with Crippen LogP contribution in [-0.4, -0.2) is 65.7 Å². The number of anilines is 1. The molecule has 1 amide bonds. The highest BCUT2D eigenvalue weighted by Gasteiger charge is 2.47. The molecule has 226 valence electrons. The first-order chi connectivity index (χ1) is 21.3. The number of hydrogen-bond donors (Lipinski definition) is 3. The smallest absolute Gasteiger partial charge is 0.254 e. The number of aromatic nitrogens is 5. The number of methoxy groups -OCH3 is 1. The van der Waals surface area contributed by atoms with Gasteiger partial charge in [-0.1, -0.05) is 0 Å². The number of carbonyl (C=O) groups is 1. The Hall–Kier alpha value is -4.48. The number of piperidine rings is 1. The van der Waals surface area contributed by atoms with E-state index in [9.17, 15) is 9.90 Å². The predicted molar refractivity (Wildman–Crippen MR) is 168 cm³/mol. The standard InChI is InChI=1S/C33H36N8O3/c1-39-29-24(10-20(12-27(29)44-2)33(43)41-15-19-6-8-25(41)28(19)34)38-32(39)26-11-18-5-7-23(21-9-22(16-42)30(35)36-13-21)37-31(18)40(26)14-17-3-4-17/h5,7,9-13,17,19,25,28,42H,3-4,6,8,14-16,34H2,1-2H3,(H2,35,36). The second kappa shape index (κ2) is 10.0. The maximum absolute atomic E-state index is 13.7. The molecule has 44 heavy (non-hydrogen) atoms. The number of likely N-dealkylation sites (tertiary alicyclic amines) is 1. The third-order valence-electron chi connectivity index (χ3n) is 9.89. The lowest BCUT2D eigenvalue weighted by Gasteiger charge is -2.27. The Morgan fingerprint density at radius 3 is 2.66 bits per heavy atom. The number of benzene rings is 1. The number of fused-ring (bicyclic) bond motifs is 4. The predicted octanol–water partition coefficient (Wildman–Crippen LogP) is 3.71. The summed E-state index contributed by atoms with van der Waals surface area (Å²) in [6, 6.07) is 11.9. The van der Waals surface area contributed by atoms with Crippen LogP contribution in [0, 0.1) is 11.8 Å². The van der Waals surface area contributed by atoms with E-state index in [2.05, 4.69) is 21.7 Å². The minimum atomic E-state index is -0.187. The molecule has 5 aromatic rings. The topological polar surface area (TPSA) is 150 Å². The summed E-state index contributed by atoms with van der Waals surface area (Å²) in [5, 5.41) is 10.7. The van der Waals surface area contributed by atoms with Gasteiger partial charge in [-0.3, -0.25) is 4.79 Å². The number of aryl methyl sites for hydroxylation is 1. The Labute approximate surface area is 254 Å². The van der Waals surface area contributed by atoms with Crippen LogP contribution in [0.5, 0.6) is 5.75 Å². The molecule has 0 spiro atoms. The molecule has 3 fully saturated rings. The number of amides is 1. The van der Waals surface area contributed by atoms with Gasteiger partial charge < -0.3 is 35.3 Å². The van der Waals surface area contributed by atoms with Crippen LogP contribution in [0.3, 0.4) is 0 Å². The summed E-state index contributed by atoms with van der Waals surface area (Å²) in [5.41, 5.74) is 18.4. The maximum Gasteiger partial charge on any atom is 0.254 e. The summed E-state index contributed by atoms with van der Waals surface area (Å²) in [6.07, 6.45) is 6.11. The van der Waals surface area contributed by atoms with Crippen molar-refractivity contribution in [2.24, 2.45) is 24.6 Å². The summed E-state index contributed by atoms with van der Waals surface area (Å²) >= 11 is 0. The van der Waals surface area contributed by atoms with Gasteiger partial charge in [0, 0.05) is 60.5 Å². The van der Waals surface area contributed by atoms with Crippen LogP contribution in [0.1, 0.15) is 41.6 Å². The summed E-state index contributed by atoms with van der Waals surface area (Å²) in [4.78, 5) is 30.1. The second-order valence-corrected chi connectivity index (χ2v) is 12.6. The first kappa shape index (κ1) is 27.1. The average Bonchev–Trinajstić information content (AvgIpc) is 3.44. The van der Waals surface area contributed by atoms with Gasteiger partial charge in [0.05, 0.1) is 30.6 Å². The molecule has 5 heterocycles. The largest absolute Gasteiger partial charge is 0.494 e. The number of aliphatic hydroxyl groups excluding tert-OH is 1. The number of hydrogen-bond acceptors (Lipinski definition) is 8. The van der Waals surface area contributed by atoms with Crippen LogP contribution >= 0.6 is 0 Å². The van der Waals surface area contributed by atoms with Gasteiger partial charge in [0.1, 0.15) is 22.7 Å². The van der Waals surface area contributed by atoms with Gasteiger partial charge in [-0.25, -0.2) is 15.0 Å². The molecule has 1 saturated heterocycles. The third kappa shape index (κ3) is 4.17. The molecule has 4 aromatic heterocycles. The molecule has 3 aliphatic rings. The fraction of sp³-hybridized carbons (Fsp3) is 0.394. The van der Waals surface area contributed by atoms with Crippen molar-refractivity contribution in [3.05, 3.63) is 53.7 Å². The lowest BCUT2D eigenvalue weighted by molar-refractivity contribution is 0.0700. The van der Waals surface area contributed by atoms with E-state index in [-0.39, 0.29) is 24.6 Å². The molecule has 2 bridgehead atoms. The fourth-order valence-electron chi connectivity index (χ4n) is 7.27. The van der Waals surface area contributed by atoms with E-state index in [1.165, 1.54) is 12.8 Å². The van der Waals surface area contributed by atoms with E-state index < -0.39 is 0 Å². The van der Waals surface area contributed by atoms with Crippen molar-refractivity contribution in [2.75, 3.05) is 19.4 Å². The molecule has 11 nitrogen and oxygen atoms in total. The zero-order valence-electron chi connectivity index (χ0n) is 24.9. The van der Waals surface area contributed by atoms with Crippen LogP contribution in [0.25, 0.3) is 44.8 Å². The normalized spacial score (nSPS) is 21.2. The zero-order chi connectivity index (χ0) is 30.3.